The summed E-state index contributed by atoms with van der Waals surface area (Å²) in [5.41, 5.74) is 3.91. The lowest BCUT2D eigenvalue weighted by molar-refractivity contribution is 0.324. The molecule has 0 atom stereocenters. The molecule has 1 aromatic heterocycles. The fourth-order valence-electron chi connectivity index (χ4n) is 3.36. The van der Waals surface area contributed by atoms with Crippen LogP contribution in [0.4, 0.5) is 11.7 Å². The fraction of sp³-hybridized carbons (Fsp3) is 0.174. The molecule has 154 valence electrons. The molecule has 7 heteroatoms. The van der Waals surface area contributed by atoms with Crippen molar-refractivity contribution in [2.75, 3.05) is 33.8 Å². The molecule has 0 unspecified atom stereocenters. The van der Waals surface area contributed by atoms with E-state index in [1.54, 1.807) is 40.6 Å². The average molecular weight is 406 g/mol. The first-order valence-electron chi connectivity index (χ1n) is 9.28. The van der Waals surface area contributed by atoms with E-state index in [9.17, 15) is 0 Å². The van der Waals surface area contributed by atoms with Gasteiger partial charge in [0, 0.05) is 28.9 Å². The van der Waals surface area contributed by atoms with Gasteiger partial charge in [-0.3, -0.25) is 0 Å². The lowest BCUT2D eigenvalue weighted by Crippen LogP contribution is -1.97. The molecule has 0 saturated heterocycles. The number of rotatable bonds is 7. The second-order valence-electron chi connectivity index (χ2n) is 6.41. The summed E-state index contributed by atoms with van der Waals surface area (Å²) in [5, 5.41) is 3.18. The molecule has 0 aliphatic heterocycles. The van der Waals surface area contributed by atoms with Crippen LogP contribution in [-0.4, -0.2) is 33.4 Å². The van der Waals surface area contributed by atoms with Crippen LogP contribution in [0.1, 0.15) is 0 Å². The summed E-state index contributed by atoms with van der Waals surface area (Å²) in [5.74, 6) is 2.34. The number of methoxy groups -OCH3 is 4. The maximum atomic E-state index is 6.07. The number of hydrogen-bond donors (Lipinski definition) is 1. The number of oxazole rings is 1. The monoisotopic (exact) mass is 406 g/mol. The average Bonchev–Trinajstić information content (AvgIpc) is 3.20. The summed E-state index contributed by atoms with van der Waals surface area (Å²) >= 11 is 0. The van der Waals surface area contributed by atoms with Crippen LogP contribution in [0.15, 0.2) is 59.0 Å². The van der Waals surface area contributed by atoms with E-state index >= 15 is 0 Å². The second-order valence-corrected chi connectivity index (χ2v) is 6.41. The summed E-state index contributed by atoms with van der Waals surface area (Å²) in [6.45, 7) is 0. The highest BCUT2D eigenvalue weighted by atomic mass is 16.5. The summed E-state index contributed by atoms with van der Waals surface area (Å²) in [7, 11) is 6.35. The summed E-state index contributed by atoms with van der Waals surface area (Å²) in [6, 6.07) is 17.5. The lowest BCUT2D eigenvalue weighted by Gasteiger charge is -2.14. The van der Waals surface area contributed by atoms with Gasteiger partial charge in [0.05, 0.1) is 28.4 Å². The number of para-hydroxylation sites is 2. The number of benzene rings is 3. The van der Waals surface area contributed by atoms with E-state index in [0.29, 0.717) is 34.5 Å². The van der Waals surface area contributed by atoms with Crippen LogP contribution >= 0.6 is 0 Å². The second kappa shape index (κ2) is 8.24. The van der Waals surface area contributed by atoms with E-state index in [0.717, 1.165) is 22.4 Å². The van der Waals surface area contributed by atoms with Crippen molar-refractivity contribution in [3.05, 3.63) is 54.6 Å². The van der Waals surface area contributed by atoms with Gasteiger partial charge >= 0.3 is 0 Å². The van der Waals surface area contributed by atoms with Crippen molar-refractivity contribution in [2.24, 2.45) is 0 Å². The highest BCUT2D eigenvalue weighted by Gasteiger charge is 2.17. The van der Waals surface area contributed by atoms with Crippen LogP contribution in [0, 0.1) is 0 Å². The van der Waals surface area contributed by atoms with Crippen molar-refractivity contribution in [3.8, 4) is 34.1 Å². The Hall–Kier alpha value is -3.87. The van der Waals surface area contributed by atoms with Gasteiger partial charge < -0.3 is 28.7 Å². The van der Waals surface area contributed by atoms with Crippen LogP contribution in [0.25, 0.3) is 22.2 Å². The Kier molecular flexibility index (Phi) is 5.34. The minimum Gasteiger partial charge on any atom is -0.496 e. The predicted octanol–water partition coefficient (Wildman–Crippen LogP) is 5.27. The number of fused-ring (bicyclic) bond motifs is 1. The molecule has 7 nitrogen and oxygen atoms in total. The van der Waals surface area contributed by atoms with Crippen molar-refractivity contribution >= 4 is 22.8 Å². The Morgan fingerprint density at radius 1 is 0.733 bits per heavy atom. The van der Waals surface area contributed by atoms with E-state index in [1.807, 2.05) is 42.5 Å². The number of hydrogen-bond acceptors (Lipinski definition) is 7. The minimum absolute atomic E-state index is 0.349. The zero-order chi connectivity index (χ0) is 21.1. The molecule has 1 N–H and O–H groups in total. The molecule has 0 saturated carbocycles. The minimum atomic E-state index is 0.349. The Labute approximate surface area is 174 Å². The molecule has 0 bridgehead atoms. The third-order valence-corrected chi connectivity index (χ3v) is 4.73. The maximum absolute atomic E-state index is 6.07. The molecule has 4 aromatic rings. The molecule has 0 fully saturated rings. The van der Waals surface area contributed by atoms with Crippen LogP contribution in [0.3, 0.4) is 0 Å². The van der Waals surface area contributed by atoms with Crippen molar-refractivity contribution < 1.29 is 23.4 Å². The standard InChI is InChI=1S/C23H22N2O5/c1-26-18-11-6-5-8-15(18)16-9-7-10-17-21(16)30-23(25-17)24-14-12-19(27-2)22(29-4)20(13-14)28-3/h5-13H,1-4H3,(H,24,25). The van der Waals surface area contributed by atoms with Gasteiger partial charge in [-0.05, 0) is 12.1 Å². The van der Waals surface area contributed by atoms with Crippen LogP contribution in [-0.2, 0) is 0 Å². The topological polar surface area (TPSA) is 75.0 Å². The molecule has 0 aliphatic carbocycles. The first-order valence-corrected chi connectivity index (χ1v) is 9.28. The molecule has 0 radical (unpaired) electrons. The van der Waals surface area contributed by atoms with Crippen molar-refractivity contribution in [1.29, 1.82) is 0 Å². The molecule has 30 heavy (non-hydrogen) atoms. The van der Waals surface area contributed by atoms with Gasteiger partial charge in [0.2, 0.25) is 5.75 Å². The Balaban J connectivity index is 1.76. The van der Waals surface area contributed by atoms with Crippen molar-refractivity contribution in [3.63, 3.8) is 0 Å². The Morgan fingerprint density at radius 2 is 1.40 bits per heavy atom. The fourth-order valence-corrected chi connectivity index (χ4v) is 3.36. The Bertz CT molecular complexity index is 1160. The SMILES string of the molecule is COc1ccccc1-c1cccc2nc(Nc3cc(OC)c(OC)c(OC)c3)oc12. The number of anilines is 2. The molecule has 0 spiro atoms. The number of aromatic nitrogens is 1. The smallest absolute Gasteiger partial charge is 0.300 e. The van der Waals surface area contributed by atoms with Crippen LogP contribution < -0.4 is 24.3 Å². The Morgan fingerprint density at radius 3 is 2.07 bits per heavy atom. The normalized spacial score (nSPS) is 10.7. The van der Waals surface area contributed by atoms with Gasteiger partial charge in [-0.2, -0.15) is 4.98 Å². The van der Waals surface area contributed by atoms with Crippen molar-refractivity contribution in [1.82, 2.24) is 4.98 Å². The molecule has 0 amide bonds. The van der Waals surface area contributed by atoms with E-state index in [2.05, 4.69) is 10.3 Å². The zero-order valence-corrected chi connectivity index (χ0v) is 17.2. The van der Waals surface area contributed by atoms with E-state index in [4.69, 9.17) is 23.4 Å². The largest absolute Gasteiger partial charge is 0.496 e. The molecule has 3 aromatic carbocycles. The quantitative estimate of drug-likeness (QED) is 0.448. The van der Waals surface area contributed by atoms with E-state index in [-0.39, 0.29) is 0 Å². The highest BCUT2D eigenvalue weighted by molar-refractivity contribution is 5.93. The lowest BCUT2D eigenvalue weighted by atomic mass is 10.0. The number of nitrogens with zero attached hydrogens (tertiary/aromatic N) is 1. The zero-order valence-electron chi connectivity index (χ0n) is 17.2. The van der Waals surface area contributed by atoms with Gasteiger partial charge in [0.15, 0.2) is 17.1 Å². The number of ether oxygens (including phenoxy) is 4. The number of nitrogens with one attached hydrogen (secondary N) is 1. The van der Waals surface area contributed by atoms with Gasteiger partial charge in [-0.15, -0.1) is 0 Å². The molecular formula is C23H22N2O5. The van der Waals surface area contributed by atoms with Crippen LogP contribution in [0.5, 0.6) is 23.0 Å². The highest BCUT2D eigenvalue weighted by Crippen LogP contribution is 2.41. The summed E-state index contributed by atoms with van der Waals surface area (Å²) in [4.78, 5) is 4.57. The third-order valence-electron chi connectivity index (χ3n) is 4.73. The van der Waals surface area contributed by atoms with Crippen LogP contribution in [0.2, 0.25) is 0 Å². The van der Waals surface area contributed by atoms with E-state index < -0.39 is 0 Å². The summed E-state index contributed by atoms with van der Waals surface area (Å²) < 4.78 is 27.8. The van der Waals surface area contributed by atoms with E-state index in [1.165, 1.54) is 0 Å². The first-order chi connectivity index (χ1) is 14.7. The molecule has 4 rings (SSSR count). The molecule has 0 aliphatic rings. The van der Waals surface area contributed by atoms with Gasteiger partial charge in [-0.25, -0.2) is 0 Å². The van der Waals surface area contributed by atoms with Crippen molar-refractivity contribution in [2.45, 2.75) is 0 Å². The first kappa shape index (κ1) is 19.4. The third kappa shape index (κ3) is 3.45. The van der Waals surface area contributed by atoms with Gasteiger partial charge in [0.1, 0.15) is 11.3 Å². The van der Waals surface area contributed by atoms with Gasteiger partial charge in [-0.1, -0.05) is 30.3 Å². The molecular weight excluding hydrogens is 384 g/mol. The maximum Gasteiger partial charge on any atom is 0.300 e. The summed E-state index contributed by atoms with van der Waals surface area (Å²) in [6.07, 6.45) is 0. The predicted molar refractivity (Wildman–Crippen MR) is 115 cm³/mol. The van der Waals surface area contributed by atoms with Gasteiger partial charge in [0.25, 0.3) is 6.01 Å². The molecule has 1 heterocycles.